The van der Waals surface area contributed by atoms with E-state index in [2.05, 4.69) is 0 Å². The summed E-state index contributed by atoms with van der Waals surface area (Å²) in [6.07, 6.45) is 0. The van der Waals surface area contributed by atoms with E-state index in [1.54, 1.807) is 0 Å². The van der Waals surface area contributed by atoms with Crippen LogP contribution in [-0.4, -0.2) is 37.6 Å². The Balaban J connectivity index is 1.37. The Kier molecular flexibility index (Phi) is 6.29. The van der Waals surface area contributed by atoms with Crippen molar-refractivity contribution >= 4 is 40.7 Å². The molecule has 218 valence electrons. The van der Waals surface area contributed by atoms with Gasteiger partial charge >= 0.3 is 0 Å². The lowest BCUT2D eigenvalue weighted by molar-refractivity contribution is -0.385. The number of nitro groups is 2. The van der Waals surface area contributed by atoms with E-state index in [9.17, 15) is 34.6 Å². The summed E-state index contributed by atoms with van der Waals surface area (Å²) in [5.41, 5.74) is 2.81. The Morgan fingerprint density at radius 2 is 1.30 bits per heavy atom. The first-order chi connectivity index (χ1) is 21.2. The molecule has 0 radical (unpaired) electrons. The second-order valence-electron chi connectivity index (χ2n) is 11.0. The van der Waals surface area contributed by atoms with Crippen molar-refractivity contribution in [2.24, 2.45) is 11.8 Å². The molecule has 4 aliphatic rings. The lowest BCUT2D eigenvalue weighted by Gasteiger charge is -2.45. The summed E-state index contributed by atoms with van der Waals surface area (Å²) in [7, 11) is 0. The quantitative estimate of drug-likeness (QED) is 0.157. The second-order valence-corrected chi connectivity index (χ2v) is 11.4. The molecular weight excluding hydrogens is 588 g/mol. The van der Waals surface area contributed by atoms with E-state index in [0.29, 0.717) is 0 Å². The van der Waals surface area contributed by atoms with Crippen LogP contribution in [0.5, 0.6) is 0 Å². The molecule has 0 N–H and O–H groups in total. The standard InChI is InChI=1S/C32H21ClN4O7/c33-19-13-12-18(25(15-19)37(43)44)16-34(30(38)17-6-5-7-20(14-17)36(41)42)35-31(39)28-26-21-8-1-2-9-22(21)27(29(28)32(35)40)24-11-4-3-10-23(24)26/h1-15,26-29H,16H2/t26?,27?,28-,29-/m1/s1. The van der Waals surface area contributed by atoms with Crippen LogP contribution in [0, 0.1) is 32.1 Å². The van der Waals surface area contributed by atoms with E-state index < -0.39 is 63.5 Å². The number of non-ortho nitro benzene ring substituents is 1. The van der Waals surface area contributed by atoms with Crippen LogP contribution in [0.2, 0.25) is 5.02 Å². The summed E-state index contributed by atoms with van der Waals surface area (Å²) in [6.45, 7) is -0.541. The summed E-state index contributed by atoms with van der Waals surface area (Å²) in [4.78, 5) is 65.1. The zero-order valence-corrected chi connectivity index (χ0v) is 23.5. The van der Waals surface area contributed by atoms with Gasteiger partial charge in [-0.15, -0.1) is 0 Å². The van der Waals surface area contributed by atoms with Gasteiger partial charge < -0.3 is 0 Å². The van der Waals surface area contributed by atoms with Crippen molar-refractivity contribution in [3.05, 3.63) is 150 Å². The molecule has 8 rings (SSSR count). The fraction of sp³-hybridized carbons (Fsp3) is 0.156. The average Bonchev–Trinajstić information content (AvgIpc) is 3.29. The topological polar surface area (TPSA) is 144 Å². The molecule has 0 aromatic heterocycles. The highest BCUT2D eigenvalue weighted by atomic mass is 35.5. The maximum Gasteiger partial charge on any atom is 0.275 e. The Morgan fingerprint density at radius 1 is 0.750 bits per heavy atom. The number of amides is 3. The first-order valence-corrected chi connectivity index (χ1v) is 14.1. The predicted octanol–water partition coefficient (Wildman–Crippen LogP) is 5.61. The van der Waals surface area contributed by atoms with Crippen molar-refractivity contribution in [3.8, 4) is 0 Å². The molecule has 11 nitrogen and oxygen atoms in total. The molecule has 0 unspecified atom stereocenters. The van der Waals surface area contributed by atoms with Gasteiger partial charge in [0.2, 0.25) is 0 Å². The third-order valence-electron chi connectivity index (χ3n) is 8.77. The van der Waals surface area contributed by atoms with Crippen LogP contribution < -0.4 is 0 Å². The molecule has 12 heteroatoms. The summed E-state index contributed by atoms with van der Waals surface area (Å²) >= 11 is 6.02. The van der Waals surface area contributed by atoms with Gasteiger partial charge in [-0.2, -0.15) is 5.01 Å². The van der Waals surface area contributed by atoms with Gasteiger partial charge in [-0.05, 0) is 40.5 Å². The van der Waals surface area contributed by atoms with Crippen LogP contribution in [0.1, 0.15) is 50.0 Å². The maximum absolute atomic E-state index is 14.4. The Morgan fingerprint density at radius 3 is 1.80 bits per heavy atom. The van der Waals surface area contributed by atoms with E-state index in [-0.39, 0.29) is 21.8 Å². The van der Waals surface area contributed by atoms with Crippen molar-refractivity contribution in [3.63, 3.8) is 0 Å². The van der Waals surface area contributed by atoms with E-state index in [4.69, 9.17) is 11.6 Å². The number of hydrogen-bond donors (Lipinski definition) is 0. The van der Waals surface area contributed by atoms with Gasteiger partial charge in [-0.1, -0.05) is 66.2 Å². The first kappa shape index (κ1) is 27.4. The predicted molar refractivity (Wildman–Crippen MR) is 156 cm³/mol. The van der Waals surface area contributed by atoms with Crippen molar-refractivity contribution < 1.29 is 24.2 Å². The van der Waals surface area contributed by atoms with Crippen molar-refractivity contribution in [2.45, 2.75) is 18.4 Å². The van der Waals surface area contributed by atoms with Crippen LogP contribution in [0.4, 0.5) is 11.4 Å². The van der Waals surface area contributed by atoms with E-state index >= 15 is 0 Å². The molecule has 4 aromatic rings. The number of imide groups is 1. The minimum absolute atomic E-state index is 0.0168. The third kappa shape index (κ3) is 4.00. The van der Waals surface area contributed by atoms with Crippen molar-refractivity contribution in [1.82, 2.24) is 10.0 Å². The third-order valence-corrected chi connectivity index (χ3v) is 9.00. The molecule has 4 aromatic carbocycles. The Labute approximate surface area is 254 Å². The number of halogens is 1. The summed E-state index contributed by atoms with van der Waals surface area (Å²) in [6, 6.07) is 24.1. The SMILES string of the molecule is O=C(c1cccc([N+](=O)[O-])c1)N(Cc1ccc(Cl)cc1[N+](=O)[O-])N1C(=O)[C@@H]2C3c4ccccc4C(c4ccccc43)[C@H]2C1=O. The molecule has 1 heterocycles. The highest BCUT2D eigenvalue weighted by molar-refractivity contribution is 6.30. The Hall–Kier alpha value is -5.42. The number of benzene rings is 4. The van der Waals surface area contributed by atoms with Crippen LogP contribution >= 0.6 is 11.6 Å². The zero-order valence-electron chi connectivity index (χ0n) is 22.7. The van der Waals surface area contributed by atoms with E-state index in [0.717, 1.165) is 44.4 Å². The highest BCUT2D eigenvalue weighted by Crippen LogP contribution is 2.61. The normalized spacial score (nSPS) is 21.0. The zero-order chi connectivity index (χ0) is 30.9. The van der Waals surface area contributed by atoms with Crippen LogP contribution in [0.25, 0.3) is 0 Å². The molecule has 3 amide bonds. The minimum Gasteiger partial charge on any atom is -0.272 e. The lowest BCUT2D eigenvalue weighted by atomic mass is 9.55. The first-order valence-electron chi connectivity index (χ1n) is 13.7. The molecule has 0 spiro atoms. The van der Waals surface area contributed by atoms with Crippen LogP contribution in [-0.2, 0) is 16.1 Å². The molecular formula is C32H21ClN4O7. The largest absolute Gasteiger partial charge is 0.275 e. The van der Waals surface area contributed by atoms with Gasteiger partial charge in [0, 0.05) is 40.6 Å². The maximum atomic E-state index is 14.4. The molecule has 44 heavy (non-hydrogen) atoms. The molecule has 1 fully saturated rings. The van der Waals surface area contributed by atoms with Crippen LogP contribution in [0.3, 0.4) is 0 Å². The number of nitro benzene ring substituents is 2. The van der Waals surface area contributed by atoms with Gasteiger partial charge in [0.25, 0.3) is 29.1 Å². The lowest BCUT2D eigenvalue weighted by Crippen LogP contribution is -2.50. The van der Waals surface area contributed by atoms with Crippen molar-refractivity contribution in [2.75, 3.05) is 0 Å². The Bertz CT molecular complexity index is 1830. The summed E-state index contributed by atoms with van der Waals surface area (Å²) < 4.78 is 0. The number of hydrogen-bond acceptors (Lipinski definition) is 7. The molecule has 3 aliphatic carbocycles. The van der Waals surface area contributed by atoms with Gasteiger partial charge in [-0.3, -0.25) is 34.6 Å². The number of hydrazine groups is 1. The number of carbonyl (C=O) groups excluding carboxylic acids is 3. The molecule has 0 saturated carbocycles. The second kappa shape index (κ2) is 10.1. The molecule has 2 atom stereocenters. The van der Waals surface area contributed by atoms with Gasteiger partial charge in [0.05, 0.1) is 33.8 Å². The van der Waals surface area contributed by atoms with Gasteiger partial charge in [-0.25, -0.2) is 5.01 Å². The van der Waals surface area contributed by atoms with Gasteiger partial charge in [0.15, 0.2) is 0 Å². The van der Waals surface area contributed by atoms with Crippen LogP contribution in [0.15, 0.2) is 91.0 Å². The fourth-order valence-corrected chi connectivity index (χ4v) is 7.20. The van der Waals surface area contributed by atoms with Crippen molar-refractivity contribution in [1.29, 1.82) is 0 Å². The highest BCUT2D eigenvalue weighted by Gasteiger charge is 2.63. The number of carbonyl (C=O) groups is 3. The molecule has 1 aliphatic heterocycles. The summed E-state index contributed by atoms with van der Waals surface area (Å²) in [5, 5.41) is 25.2. The average molecular weight is 609 g/mol. The minimum atomic E-state index is -0.902. The fourth-order valence-electron chi connectivity index (χ4n) is 7.04. The number of nitrogens with zero attached hydrogens (tertiary/aromatic N) is 4. The monoisotopic (exact) mass is 608 g/mol. The van der Waals surface area contributed by atoms with E-state index in [1.165, 1.54) is 30.3 Å². The molecule has 1 saturated heterocycles. The van der Waals surface area contributed by atoms with Gasteiger partial charge in [0.1, 0.15) is 0 Å². The van der Waals surface area contributed by atoms with E-state index in [1.807, 2.05) is 48.5 Å². The molecule has 2 bridgehead atoms. The smallest absolute Gasteiger partial charge is 0.272 e. The number of rotatable bonds is 6. The summed E-state index contributed by atoms with van der Waals surface area (Å²) in [5.74, 6) is -4.67.